The highest BCUT2D eigenvalue weighted by molar-refractivity contribution is 8.00. The number of aromatic nitrogens is 1. The summed E-state index contributed by atoms with van der Waals surface area (Å²) >= 11 is 1.88. The third kappa shape index (κ3) is 4.73. The number of hydrogen-bond acceptors (Lipinski definition) is 5. The summed E-state index contributed by atoms with van der Waals surface area (Å²) in [7, 11) is 4.01. The fourth-order valence-electron chi connectivity index (χ4n) is 3.47. The Labute approximate surface area is 184 Å². The second-order valence-corrected chi connectivity index (χ2v) is 9.53. The van der Waals surface area contributed by atoms with E-state index >= 15 is 0 Å². The lowest BCUT2D eigenvalue weighted by atomic mass is 10.1. The Balaban J connectivity index is 1.42. The molecule has 0 spiro atoms. The fraction of sp³-hybridized carbons (Fsp3) is 0.320. The van der Waals surface area contributed by atoms with E-state index in [2.05, 4.69) is 84.1 Å². The van der Waals surface area contributed by atoms with Crippen LogP contribution in [0, 0.1) is 5.92 Å². The first-order valence-electron chi connectivity index (χ1n) is 10.5. The van der Waals surface area contributed by atoms with Crippen LogP contribution in [0.3, 0.4) is 0 Å². The second kappa shape index (κ2) is 9.00. The van der Waals surface area contributed by atoms with Gasteiger partial charge >= 0.3 is 0 Å². The van der Waals surface area contributed by atoms with E-state index in [0.29, 0.717) is 0 Å². The minimum absolute atomic E-state index is 0.245. The highest BCUT2D eigenvalue weighted by Gasteiger charge is 2.23. The van der Waals surface area contributed by atoms with Crippen LogP contribution in [0.5, 0.6) is 0 Å². The number of hydrogen-bond donors (Lipinski definition) is 2. The van der Waals surface area contributed by atoms with Gasteiger partial charge in [-0.15, -0.1) is 0 Å². The summed E-state index contributed by atoms with van der Waals surface area (Å²) in [5, 5.41) is 7.44. The van der Waals surface area contributed by atoms with Crippen molar-refractivity contribution in [3.63, 3.8) is 0 Å². The Kier molecular flexibility index (Phi) is 6.18. The monoisotopic (exact) mass is 418 g/mol. The van der Waals surface area contributed by atoms with Gasteiger partial charge in [-0.1, -0.05) is 49.9 Å². The fourth-order valence-corrected chi connectivity index (χ4v) is 4.66. The van der Waals surface area contributed by atoms with Crippen LogP contribution in [-0.2, 0) is 0 Å². The van der Waals surface area contributed by atoms with Crippen LogP contribution in [0.4, 0.5) is 17.2 Å². The van der Waals surface area contributed by atoms with Gasteiger partial charge in [-0.3, -0.25) is 0 Å². The number of rotatable bonds is 7. The van der Waals surface area contributed by atoms with Crippen molar-refractivity contribution in [3.05, 3.63) is 66.4 Å². The Bertz CT molecular complexity index is 981. The zero-order chi connectivity index (χ0) is 21.1. The van der Waals surface area contributed by atoms with Crippen LogP contribution in [-0.4, -0.2) is 25.6 Å². The quantitative estimate of drug-likeness (QED) is 0.459. The number of fused-ring (bicyclic) bond motifs is 1. The maximum Gasteiger partial charge on any atom is 0.127 e. The Morgan fingerprint density at radius 1 is 1.03 bits per heavy atom. The molecule has 2 N–H and O–H groups in total. The maximum absolute atomic E-state index is 4.52. The molecule has 0 fully saturated rings. The molecule has 1 aliphatic heterocycles. The Hall–Kier alpha value is -2.66. The number of benzene rings is 2. The molecule has 156 valence electrons. The zero-order valence-corrected chi connectivity index (χ0v) is 19.0. The van der Waals surface area contributed by atoms with Crippen LogP contribution >= 0.6 is 11.8 Å². The van der Waals surface area contributed by atoms with Gasteiger partial charge in [0.1, 0.15) is 11.2 Å². The van der Waals surface area contributed by atoms with Crippen molar-refractivity contribution in [2.75, 3.05) is 36.2 Å². The van der Waals surface area contributed by atoms with E-state index in [4.69, 9.17) is 0 Å². The molecule has 0 amide bonds. The first-order valence-corrected chi connectivity index (χ1v) is 11.4. The van der Waals surface area contributed by atoms with Gasteiger partial charge in [-0.25, -0.2) is 4.98 Å². The SMILES string of the molecule is CC(C)CCNc1ccc2c(c1)SC(c1ccc(-c3ccc(N(C)C)nc3)cc1)N2. The number of nitrogens with zero attached hydrogens (tertiary/aromatic N) is 2. The van der Waals surface area contributed by atoms with Crippen molar-refractivity contribution in [1.29, 1.82) is 0 Å². The van der Waals surface area contributed by atoms with E-state index < -0.39 is 0 Å². The third-order valence-corrected chi connectivity index (χ3v) is 6.53. The van der Waals surface area contributed by atoms with Crippen LogP contribution < -0.4 is 15.5 Å². The number of nitrogens with one attached hydrogen (secondary N) is 2. The molecule has 2 aromatic carbocycles. The van der Waals surface area contributed by atoms with Crippen molar-refractivity contribution in [1.82, 2.24) is 4.98 Å². The molecule has 1 atom stereocenters. The molecular formula is C25H30N4S. The zero-order valence-electron chi connectivity index (χ0n) is 18.1. The van der Waals surface area contributed by atoms with Crippen molar-refractivity contribution in [2.45, 2.75) is 30.5 Å². The first-order chi connectivity index (χ1) is 14.5. The van der Waals surface area contributed by atoms with Gasteiger partial charge in [0.2, 0.25) is 0 Å². The molecule has 1 aromatic heterocycles. The Morgan fingerprint density at radius 3 is 2.47 bits per heavy atom. The molecule has 3 aromatic rings. The number of thioether (sulfide) groups is 1. The highest BCUT2D eigenvalue weighted by Crippen LogP contribution is 2.47. The minimum Gasteiger partial charge on any atom is -0.385 e. The lowest BCUT2D eigenvalue weighted by Gasteiger charge is -2.13. The van der Waals surface area contributed by atoms with Gasteiger partial charge in [0.15, 0.2) is 0 Å². The van der Waals surface area contributed by atoms with E-state index in [0.717, 1.165) is 23.8 Å². The van der Waals surface area contributed by atoms with Crippen molar-refractivity contribution >= 4 is 29.0 Å². The van der Waals surface area contributed by atoms with Crippen molar-refractivity contribution < 1.29 is 0 Å². The van der Waals surface area contributed by atoms with Crippen molar-refractivity contribution in [3.8, 4) is 11.1 Å². The number of pyridine rings is 1. The molecule has 30 heavy (non-hydrogen) atoms. The smallest absolute Gasteiger partial charge is 0.127 e. The van der Waals surface area contributed by atoms with E-state index in [9.17, 15) is 0 Å². The van der Waals surface area contributed by atoms with E-state index in [-0.39, 0.29) is 5.37 Å². The third-order valence-electron chi connectivity index (χ3n) is 5.32. The lowest BCUT2D eigenvalue weighted by Crippen LogP contribution is -2.09. The Morgan fingerprint density at radius 2 is 1.80 bits per heavy atom. The molecule has 4 rings (SSSR count). The lowest BCUT2D eigenvalue weighted by molar-refractivity contribution is 0.607. The summed E-state index contributed by atoms with van der Waals surface area (Å²) < 4.78 is 0. The van der Waals surface area contributed by atoms with Gasteiger partial charge in [-0.2, -0.15) is 0 Å². The van der Waals surface area contributed by atoms with Gasteiger partial charge in [0.25, 0.3) is 0 Å². The molecule has 0 aliphatic carbocycles. The normalized spacial score (nSPS) is 15.0. The average molecular weight is 419 g/mol. The van der Waals surface area contributed by atoms with Crippen LogP contribution in [0.2, 0.25) is 0 Å². The maximum atomic E-state index is 4.52. The minimum atomic E-state index is 0.245. The van der Waals surface area contributed by atoms with E-state index in [1.807, 2.05) is 37.0 Å². The van der Waals surface area contributed by atoms with E-state index in [1.54, 1.807) is 0 Å². The second-order valence-electron chi connectivity index (χ2n) is 8.38. The van der Waals surface area contributed by atoms with Crippen LogP contribution in [0.15, 0.2) is 65.7 Å². The molecule has 0 saturated carbocycles. The highest BCUT2D eigenvalue weighted by atomic mass is 32.2. The van der Waals surface area contributed by atoms with Crippen molar-refractivity contribution in [2.24, 2.45) is 5.92 Å². The molecule has 0 saturated heterocycles. The molecule has 1 unspecified atom stereocenters. The van der Waals surface area contributed by atoms with Gasteiger partial charge in [-0.05, 0) is 53.8 Å². The molecule has 0 bridgehead atoms. The topological polar surface area (TPSA) is 40.2 Å². The summed E-state index contributed by atoms with van der Waals surface area (Å²) in [5.74, 6) is 1.69. The summed E-state index contributed by atoms with van der Waals surface area (Å²) in [5.41, 5.74) is 6.03. The summed E-state index contributed by atoms with van der Waals surface area (Å²) in [6.45, 7) is 5.54. The average Bonchev–Trinajstić information content (AvgIpc) is 3.17. The standard InChI is InChI=1S/C25H30N4S/c1-17(2)13-14-26-21-10-11-22-23(15-21)30-25(28-22)19-7-5-18(6-8-19)20-9-12-24(27-16-20)29(3)4/h5-12,15-17,25-26,28H,13-14H2,1-4H3. The summed E-state index contributed by atoms with van der Waals surface area (Å²) in [4.78, 5) is 7.84. The summed E-state index contributed by atoms with van der Waals surface area (Å²) in [6, 6.07) is 19.6. The molecule has 2 heterocycles. The summed E-state index contributed by atoms with van der Waals surface area (Å²) in [6.07, 6.45) is 3.13. The van der Waals surface area contributed by atoms with Gasteiger partial charge in [0.05, 0.1) is 0 Å². The molecule has 5 heteroatoms. The predicted molar refractivity (Wildman–Crippen MR) is 131 cm³/mol. The first kappa shape index (κ1) is 20.6. The molecular weight excluding hydrogens is 388 g/mol. The molecule has 0 radical (unpaired) electrons. The molecule has 4 nitrogen and oxygen atoms in total. The van der Waals surface area contributed by atoms with Crippen LogP contribution in [0.1, 0.15) is 31.2 Å². The van der Waals surface area contributed by atoms with E-state index in [1.165, 1.54) is 33.8 Å². The largest absolute Gasteiger partial charge is 0.385 e. The predicted octanol–water partition coefficient (Wildman–Crippen LogP) is 6.49. The van der Waals surface area contributed by atoms with Gasteiger partial charge < -0.3 is 15.5 Å². The molecule has 1 aliphatic rings. The van der Waals surface area contributed by atoms with Gasteiger partial charge in [0, 0.05) is 48.7 Å². The number of anilines is 3. The van der Waals surface area contributed by atoms with Crippen LogP contribution in [0.25, 0.3) is 11.1 Å².